The minimum Gasteiger partial charge on any atom is -0.505 e. The highest BCUT2D eigenvalue weighted by atomic mass is 32.2. The fourth-order valence-electron chi connectivity index (χ4n) is 1.26. The van der Waals surface area contributed by atoms with Gasteiger partial charge in [0, 0.05) is 12.1 Å². The predicted molar refractivity (Wildman–Crippen MR) is 65.6 cm³/mol. The molecule has 0 aliphatic carbocycles. The van der Waals surface area contributed by atoms with Crippen molar-refractivity contribution in [3.63, 3.8) is 0 Å². The number of rotatable bonds is 5. The van der Waals surface area contributed by atoms with E-state index in [1.54, 1.807) is 13.8 Å². The first-order valence-electron chi connectivity index (χ1n) is 4.99. The molecular weight excluding hydrogens is 262 g/mol. The molecule has 0 saturated heterocycles. The maximum atomic E-state index is 11.6. The summed E-state index contributed by atoms with van der Waals surface area (Å²) in [5, 5.41) is 20.2. The summed E-state index contributed by atoms with van der Waals surface area (Å²) in [5.74, 6) is -0.515. The molecule has 3 N–H and O–H groups in total. The zero-order chi connectivity index (χ0) is 13.9. The first-order valence-corrected chi connectivity index (χ1v) is 6.47. The summed E-state index contributed by atoms with van der Waals surface area (Å²) < 4.78 is 27.3. The van der Waals surface area contributed by atoms with E-state index >= 15 is 0 Å². The Morgan fingerprint density at radius 2 is 2.00 bits per heavy atom. The maximum absolute atomic E-state index is 11.6. The molecule has 0 fully saturated rings. The molecule has 0 radical (unpaired) electrons. The molecule has 0 spiro atoms. The van der Waals surface area contributed by atoms with Crippen LogP contribution >= 0.6 is 0 Å². The third-order valence-corrected chi connectivity index (χ3v) is 3.10. The molecule has 0 unspecified atom stereocenters. The maximum Gasteiger partial charge on any atom is 0.299 e. The van der Waals surface area contributed by atoms with Crippen molar-refractivity contribution in [3.8, 4) is 5.75 Å². The summed E-state index contributed by atoms with van der Waals surface area (Å²) in [7, 11) is -3.98. The third kappa shape index (κ3) is 3.57. The van der Waals surface area contributed by atoms with E-state index in [2.05, 4.69) is 4.72 Å². The third-order valence-electron chi connectivity index (χ3n) is 1.84. The molecule has 100 valence electrons. The number of nitrogens with zero attached hydrogens (tertiary/aromatic N) is 1. The van der Waals surface area contributed by atoms with Gasteiger partial charge >= 0.3 is 0 Å². The number of nitro benzene ring substituents is 1. The second kappa shape index (κ2) is 5.19. The molecule has 8 nitrogen and oxygen atoms in total. The zero-order valence-corrected chi connectivity index (χ0v) is 10.6. The molecule has 0 bridgehead atoms. The van der Waals surface area contributed by atoms with Crippen molar-refractivity contribution >= 4 is 21.6 Å². The van der Waals surface area contributed by atoms with E-state index in [-0.39, 0.29) is 6.04 Å². The number of hydrogen-bond donors (Lipinski definition) is 3. The lowest BCUT2D eigenvalue weighted by molar-refractivity contribution is -0.383. The van der Waals surface area contributed by atoms with Crippen LogP contribution in [0.4, 0.5) is 11.4 Å². The van der Waals surface area contributed by atoms with Crippen molar-refractivity contribution in [2.24, 2.45) is 0 Å². The van der Waals surface area contributed by atoms with E-state index in [9.17, 15) is 23.6 Å². The van der Waals surface area contributed by atoms with E-state index < -0.39 is 32.3 Å². The molecular formula is C9H13N3O5S. The van der Waals surface area contributed by atoms with Crippen LogP contribution in [-0.2, 0) is 10.2 Å². The van der Waals surface area contributed by atoms with Gasteiger partial charge in [-0.25, -0.2) is 0 Å². The quantitative estimate of drug-likeness (QED) is 0.419. The monoisotopic (exact) mass is 275 g/mol. The van der Waals surface area contributed by atoms with Gasteiger partial charge in [0.15, 0.2) is 5.69 Å². The van der Waals surface area contributed by atoms with Crippen LogP contribution in [0.3, 0.4) is 0 Å². The first kappa shape index (κ1) is 14.2. The number of benzene rings is 1. The van der Waals surface area contributed by atoms with Crippen molar-refractivity contribution in [1.29, 1.82) is 0 Å². The number of nitrogens with one attached hydrogen (secondary N) is 2. The number of nitro groups is 1. The van der Waals surface area contributed by atoms with Crippen molar-refractivity contribution < 1.29 is 18.4 Å². The minimum absolute atomic E-state index is 0.382. The predicted octanol–water partition coefficient (Wildman–Crippen LogP) is 0.955. The zero-order valence-electron chi connectivity index (χ0n) is 9.75. The van der Waals surface area contributed by atoms with E-state index in [1.807, 2.05) is 4.72 Å². The molecule has 1 rings (SSSR count). The van der Waals surface area contributed by atoms with Gasteiger partial charge in [-0.1, -0.05) is 6.07 Å². The number of anilines is 1. The second-order valence-corrected chi connectivity index (χ2v) is 5.25. The Morgan fingerprint density at radius 3 is 2.50 bits per heavy atom. The van der Waals surface area contributed by atoms with E-state index in [1.165, 1.54) is 6.07 Å². The molecule has 0 aromatic heterocycles. The molecule has 0 heterocycles. The molecule has 18 heavy (non-hydrogen) atoms. The van der Waals surface area contributed by atoms with Crippen LogP contribution in [0, 0.1) is 10.1 Å². The van der Waals surface area contributed by atoms with Gasteiger partial charge in [0.2, 0.25) is 0 Å². The Balaban J connectivity index is 3.15. The lowest BCUT2D eigenvalue weighted by Gasteiger charge is -2.12. The average Bonchev–Trinajstić information content (AvgIpc) is 2.18. The Kier molecular flexibility index (Phi) is 4.09. The smallest absolute Gasteiger partial charge is 0.299 e. The Labute approximate surface area is 104 Å². The van der Waals surface area contributed by atoms with Crippen molar-refractivity contribution in [2.45, 2.75) is 19.9 Å². The summed E-state index contributed by atoms with van der Waals surface area (Å²) >= 11 is 0. The number of phenolic OH excluding ortho intramolecular Hbond substituents is 1. The van der Waals surface area contributed by atoms with Crippen LogP contribution in [-0.4, -0.2) is 24.5 Å². The van der Waals surface area contributed by atoms with Gasteiger partial charge in [-0.3, -0.25) is 14.8 Å². The van der Waals surface area contributed by atoms with Gasteiger partial charge in [0.1, 0.15) is 5.75 Å². The highest BCUT2D eigenvalue weighted by Gasteiger charge is 2.22. The Bertz CT molecular complexity index is 555. The second-order valence-electron chi connectivity index (χ2n) is 3.81. The number of hydrogen-bond acceptors (Lipinski definition) is 5. The Hall–Kier alpha value is -1.87. The minimum atomic E-state index is -3.98. The fraction of sp³-hybridized carbons (Fsp3) is 0.333. The van der Waals surface area contributed by atoms with Gasteiger partial charge in [-0.15, -0.1) is 0 Å². The van der Waals surface area contributed by atoms with Gasteiger partial charge in [-0.2, -0.15) is 13.1 Å². The standard InChI is InChI=1S/C9H13N3O5S/c1-6(2)10-18(16,17)11-9-7(12(14)15)4-3-5-8(9)13/h3-6,10-11,13H,1-2H3. The lowest BCUT2D eigenvalue weighted by Crippen LogP contribution is -2.35. The molecule has 1 aromatic rings. The SMILES string of the molecule is CC(C)NS(=O)(=O)Nc1c(O)cccc1[N+](=O)[O-]. The topological polar surface area (TPSA) is 122 Å². The van der Waals surface area contributed by atoms with Crippen LogP contribution in [0.25, 0.3) is 0 Å². The summed E-state index contributed by atoms with van der Waals surface area (Å²) in [4.78, 5) is 9.94. The van der Waals surface area contributed by atoms with Crippen LogP contribution in [0.1, 0.15) is 13.8 Å². The van der Waals surface area contributed by atoms with Gasteiger partial charge < -0.3 is 5.11 Å². The number of aromatic hydroxyl groups is 1. The molecule has 0 saturated carbocycles. The summed E-state index contributed by atoms with van der Waals surface area (Å²) in [6.45, 7) is 3.19. The molecule has 0 amide bonds. The normalized spacial score (nSPS) is 11.5. The van der Waals surface area contributed by atoms with Crippen LogP contribution < -0.4 is 9.44 Å². The highest BCUT2D eigenvalue weighted by molar-refractivity contribution is 7.90. The largest absolute Gasteiger partial charge is 0.505 e. The molecule has 0 aliphatic heterocycles. The van der Waals surface area contributed by atoms with E-state index in [4.69, 9.17) is 0 Å². The average molecular weight is 275 g/mol. The molecule has 1 aromatic carbocycles. The Morgan fingerprint density at radius 1 is 1.39 bits per heavy atom. The summed E-state index contributed by atoms with van der Waals surface area (Å²) in [6.07, 6.45) is 0. The van der Waals surface area contributed by atoms with E-state index in [0.29, 0.717) is 0 Å². The fourth-order valence-corrected chi connectivity index (χ4v) is 2.42. The molecule has 9 heteroatoms. The molecule has 0 aliphatic rings. The number of phenols is 1. The summed E-state index contributed by atoms with van der Waals surface area (Å²) in [5.41, 5.74) is -0.986. The number of para-hydroxylation sites is 1. The van der Waals surface area contributed by atoms with Crippen LogP contribution in [0.5, 0.6) is 5.75 Å². The van der Waals surface area contributed by atoms with E-state index in [0.717, 1.165) is 12.1 Å². The summed E-state index contributed by atoms with van der Waals surface area (Å²) in [6, 6.07) is 3.11. The first-order chi connectivity index (χ1) is 8.23. The highest BCUT2D eigenvalue weighted by Crippen LogP contribution is 2.33. The van der Waals surface area contributed by atoms with Crippen molar-refractivity contribution in [3.05, 3.63) is 28.3 Å². The van der Waals surface area contributed by atoms with Crippen LogP contribution in [0.15, 0.2) is 18.2 Å². The van der Waals surface area contributed by atoms with Crippen molar-refractivity contribution in [1.82, 2.24) is 4.72 Å². The van der Waals surface area contributed by atoms with Crippen LogP contribution in [0.2, 0.25) is 0 Å². The van der Waals surface area contributed by atoms with Gasteiger partial charge in [-0.05, 0) is 19.9 Å². The van der Waals surface area contributed by atoms with Gasteiger partial charge in [0.25, 0.3) is 15.9 Å². The lowest BCUT2D eigenvalue weighted by atomic mass is 10.2. The van der Waals surface area contributed by atoms with Gasteiger partial charge in [0.05, 0.1) is 4.92 Å². The van der Waals surface area contributed by atoms with Crippen molar-refractivity contribution in [2.75, 3.05) is 4.72 Å². The molecule has 0 atom stereocenters.